The average molecular weight is 1060 g/mol. The molecule has 0 saturated carbocycles. The van der Waals surface area contributed by atoms with E-state index in [0.29, 0.717) is 23.9 Å². The van der Waals surface area contributed by atoms with Crippen LogP contribution in [0.2, 0.25) is 0 Å². The van der Waals surface area contributed by atoms with Gasteiger partial charge in [-0.25, -0.2) is 4.57 Å². The van der Waals surface area contributed by atoms with Gasteiger partial charge in [0.2, 0.25) is 0 Å². The highest BCUT2D eigenvalue weighted by Crippen LogP contribution is 2.43. The van der Waals surface area contributed by atoms with E-state index in [-0.39, 0.29) is 25.6 Å². The summed E-state index contributed by atoms with van der Waals surface area (Å²) in [5, 5.41) is 0. The van der Waals surface area contributed by atoms with Crippen LogP contribution in [0.25, 0.3) is 0 Å². The number of esters is 2. The Balaban J connectivity index is 4.07. The number of carbonyl (C=O) groups excluding carboxylic acids is 2. The van der Waals surface area contributed by atoms with Crippen LogP contribution in [0.4, 0.5) is 0 Å². The lowest BCUT2D eigenvalue weighted by molar-refractivity contribution is -0.870. The van der Waals surface area contributed by atoms with Crippen LogP contribution in [-0.4, -0.2) is 74.9 Å². The van der Waals surface area contributed by atoms with Crippen molar-refractivity contribution in [2.45, 2.75) is 290 Å². The van der Waals surface area contributed by atoms with E-state index in [1.54, 1.807) is 0 Å². The molecule has 0 saturated heterocycles. The van der Waals surface area contributed by atoms with E-state index >= 15 is 0 Å². The topological polar surface area (TPSA) is 108 Å². The summed E-state index contributed by atoms with van der Waals surface area (Å²) in [6, 6.07) is 0. The first-order valence-electron chi connectivity index (χ1n) is 31.0. The van der Waals surface area contributed by atoms with Crippen molar-refractivity contribution in [3.63, 3.8) is 0 Å². The molecule has 0 radical (unpaired) electrons. The molecule has 10 heteroatoms. The minimum atomic E-state index is -4.39. The SMILES string of the molecule is CC/C=C\C/C=C\C/C=C\C/C=C\C/C=C\CCCCCCCCCCCCCCCCCC(=O)OC(COC(=O)CCCCCCCCCCCCCCCCCCCCC)COP(=O)(O)OCC[N+](C)(C)C. The van der Waals surface area contributed by atoms with Gasteiger partial charge in [0.1, 0.15) is 19.8 Å². The van der Waals surface area contributed by atoms with Gasteiger partial charge in [-0.3, -0.25) is 18.6 Å². The van der Waals surface area contributed by atoms with E-state index in [0.717, 1.165) is 64.2 Å². The number of carbonyl (C=O) groups is 2. The average Bonchev–Trinajstić information content (AvgIpc) is 3.36. The summed E-state index contributed by atoms with van der Waals surface area (Å²) in [5.41, 5.74) is 0. The molecule has 9 nitrogen and oxygen atoms in total. The Kier molecular flexibility index (Phi) is 53.7. The second-order valence-corrected chi connectivity index (χ2v) is 23.5. The monoisotopic (exact) mass is 1060 g/mol. The van der Waals surface area contributed by atoms with Crippen LogP contribution in [0.15, 0.2) is 60.8 Å². The smallest absolute Gasteiger partial charge is 0.462 e. The third-order valence-corrected chi connectivity index (χ3v) is 14.5. The second-order valence-electron chi connectivity index (χ2n) is 22.1. The Hall–Kier alpha value is -2.29. The molecule has 0 aromatic heterocycles. The molecule has 0 aliphatic rings. The molecular weight excluding hydrogens is 942 g/mol. The Bertz CT molecular complexity index is 1430. The number of likely N-dealkylation sites (N-methyl/N-ethyl adjacent to an activating group) is 1. The van der Waals surface area contributed by atoms with E-state index in [2.05, 4.69) is 74.6 Å². The normalized spacial score (nSPS) is 13.6. The molecule has 1 N–H and O–H groups in total. The molecule has 0 heterocycles. The van der Waals surface area contributed by atoms with E-state index in [4.69, 9.17) is 18.5 Å². The number of rotatable bonds is 57. The molecule has 432 valence electrons. The van der Waals surface area contributed by atoms with Gasteiger partial charge in [0, 0.05) is 12.8 Å². The zero-order valence-electron chi connectivity index (χ0n) is 49.1. The van der Waals surface area contributed by atoms with Crippen LogP contribution >= 0.6 is 7.82 Å². The number of phosphoric ester groups is 1. The van der Waals surface area contributed by atoms with Crippen LogP contribution in [0.5, 0.6) is 0 Å². The molecule has 0 bridgehead atoms. The molecular formula is C64H119NO8P+. The van der Waals surface area contributed by atoms with Crippen molar-refractivity contribution in [3.8, 4) is 0 Å². The minimum Gasteiger partial charge on any atom is -0.462 e. The van der Waals surface area contributed by atoms with E-state index < -0.39 is 26.5 Å². The number of ether oxygens (including phenoxy) is 2. The number of hydrogen-bond acceptors (Lipinski definition) is 7. The minimum absolute atomic E-state index is 0.0326. The lowest BCUT2D eigenvalue weighted by Crippen LogP contribution is -2.37. The highest BCUT2D eigenvalue weighted by Gasteiger charge is 2.27. The lowest BCUT2D eigenvalue weighted by Gasteiger charge is -2.24. The molecule has 0 amide bonds. The summed E-state index contributed by atoms with van der Waals surface area (Å²) < 4.78 is 34.6. The number of unbranched alkanes of at least 4 members (excludes halogenated alkanes) is 33. The van der Waals surface area contributed by atoms with Crippen molar-refractivity contribution >= 4 is 19.8 Å². The second kappa shape index (κ2) is 55.5. The quantitative estimate of drug-likeness (QED) is 0.0211. The Morgan fingerprint density at radius 2 is 0.770 bits per heavy atom. The zero-order chi connectivity index (χ0) is 54.2. The van der Waals surface area contributed by atoms with Crippen LogP contribution in [-0.2, 0) is 32.7 Å². The predicted octanol–water partition coefficient (Wildman–Crippen LogP) is 19.5. The molecule has 0 rings (SSSR count). The summed E-state index contributed by atoms with van der Waals surface area (Å²) in [6.45, 7) is 4.36. The van der Waals surface area contributed by atoms with Gasteiger partial charge in [-0.2, -0.15) is 0 Å². The molecule has 0 aromatic carbocycles. The Labute approximate surface area is 457 Å². The van der Waals surface area contributed by atoms with Crippen LogP contribution in [0.1, 0.15) is 284 Å². The summed E-state index contributed by atoms with van der Waals surface area (Å²) >= 11 is 0. The predicted molar refractivity (Wildman–Crippen MR) is 316 cm³/mol. The fraction of sp³-hybridized carbons (Fsp3) is 0.812. The number of hydrogen-bond donors (Lipinski definition) is 1. The molecule has 0 aliphatic carbocycles. The van der Waals surface area contributed by atoms with E-state index in [1.807, 2.05) is 21.1 Å². The van der Waals surface area contributed by atoms with Crippen LogP contribution < -0.4 is 0 Å². The van der Waals surface area contributed by atoms with Crippen molar-refractivity contribution < 1.29 is 42.1 Å². The summed E-state index contributed by atoms with van der Waals surface area (Å²) in [6.07, 6.45) is 71.5. The third kappa shape index (κ3) is 59.0. The fourth-order valence-electron chi connectivity index (χ4n) is 8.81. The molecule has 0 spiro atoms. The summed E-state index contributed by atoms with van der Waals surface area (Å²) in [4.78, 5) is 35.7. The van der Waals surface area contributed by atoms with Gasteiger partial charge in [0.15, 0.2) is 6.10 Å². The highest BCUT2D eigenvalue weighted by atomic mass is 31.2. The van der Waals surface area contributed by atoms with Gasteiger partial charge in [-0.1, -0.05) is 274 Å². The molecule has 0 aliphatic heterocycles. The maximum absolute atomic E-state index is 12.8. The van der Waals surface area contributed by atoms with Gasteiger partial charge in [-0.05, 0) is 57.8 Å². The first-order valence-corrected chi connectivity index (χ1v) is 32.5. The van der Waals surface area contributed by atoms with Crippen molar-refractivity contribution in [3.05, 3.63) is 60.8 Å². The van der Waals surface area contributed by atoms with Crippen molar-refractivity contribution in [2.75, 3.05) is 47.5 Å². The molecule has 2 atom stereocenters. The van der Waals surface area contributed by atoms with Crippen molar-refractivity contribution in [1.82, 2.24) is 0 Å². The zero-order valence-corrected chi connectivity index (χ0v) is 50.0. The first kappa shape index (κ1) is 71.7. The highest BCUT2D eigenvalue weighted by molar-refractivity contribution is 7.47. The molecule has 74 heavy (non-hydrogen) atoms. The molecule has 0 fully saturated rings. The molecule has 0 aromatic rings. The molecule has 2 unspecified atom stereocenters. The summed E-state index contributed by atoms with van der Waals surface area (Å²) in [7, 11) is 1.49. The fourth-order valence-corrected chi connectivity index (χ4v) is 9.55. The van der Waals surface area contributed by atoms with Gasteiger partial charge < -0.3 is 18.9 Å². The maximum atomic E-state index is 12.8. The maximum Gasteiger partial charge on any atom is 0.472 e. The largest absolute Gasteiger partial charge is 0.472 e. The Morgan fingerprint density at radius 1 is 0.432 bits per heavy atom. The van der Waals surface area contributed by atoms with Gasteiger partial charge in [-0.15, -0.1) is 0 Å². The van der Waals surface area contributed by atoms with Crippen LogP contribution in [0, 0.1) is 0 Å². The first-order chi connectivity index (χ1) is 36.0. The lowest BCUT2D eigenvalue weighted by atomic mass is 10.0. The third-order valence-electron chi connectivity index (χ3n) is 13.6. The van der Waals surface area contributed by atoms with Crippen molar-refractivity contribution in [2.24, 2.45) is 0 Å². The van der Waals surface area contributed by atoms with E-state index in [1.165, 1.54) is 186 Å². The van der Waals surface area contributed by atoms with E-state index in [9.17, 15) is 19.0 Å². The standard InChI is InChI=1S/C64H118NO8P/c1-6-8-10-12-14-16-18-20-22-24-26-27-28-29-30-31-32-33-34-35-36-37-39-41-43-45-47-49-51-53-55-57-64(67)73-62(61-72-74(68,69)71-59-58-65(3,4)5)60-70-63(66)56-54-52-50-48-46-44-42-40-38-25-23-21-19-17-15-13-11-9-7-2/h8,10,14,16,20,22,26-27,29-30,62H,6-7,9,11-13,15,17-19,21,23-25,28,31-61H2,1-5H3/p+1/b10-8-,16-14-,22-20-,27-26-,30-29-. The van der Waals surface area contributed by atoms with Gasteiger partial charge in [0.05, 0.1) is 27.7 Å². The van der Waals surface area contributed by atoms with Crippen molar-refractivity contribution in [1.29, 1.82) is 0 Å². The number of allylic oxidation sites excluding steroid dienone is 10. The van der Waals surface area contributed by atoms with Gasteiger partial charge in [0.25, 0.3) is 0 Å². The van der Waals surface area contributed by atoms with Crippen LogP contribution in [0.3, 0.4) is 0 Å². The number of phosphoric acid groups is 1. The summed E-state index contributed by atoms with van der Waals surface area (Å²) in [5.74, 6) is -0.784. The number of quaternary nitrogens is 1. The number of nitrogens with zero attached hydrogens (tertiary/aromatic N) is 1. The van der Waals surface area contributed by atoms with Gasteiger partial charge >= 0.3 is 19.8 Å². The Morgan fingerprint density at radius 3 is 1.15 bits per heavy atom.